The molecule has 0 atom stereocenters. The lowest BCUT2D eigenvalue weighted by atomic mass is 10.2. The van der Waals surface area contributed by atoms with Gasteiger partial charge < -0.3 is 0 Å². The summed E-state index contributed by atoms with van der Waals surface area (Å²) in [5, 5.41) is 4.94. The van der Waals surface area contributed by atoms with Crippen LogP contribution in [-0.2, 0) is 16.6 Å². The first-order valence-electron chi connectivity index (χ1n) is 6.32. The average Bonchev–Trinajstić information content (AvgIpc) is 2.48. The van der Waals surface area contributed by atoms with E-state index in [1.807, 2.05) is 18.2 Å². The SMILES string of the molecule is O=c1cccnn1CCNS(=O)(=O)/C=C/c1ccccc1. The van der Waals surface area contributed by atoms with Gasteiger partial charge in [0, 0.05) is 24.2 Å². The molecule has 1 aromatic heterocycles. The third-order valence-electron chi connectivity index (χ3n) is 2.65. The molecule has 7 heteroatoms. The number of benzene rings is 1. The second kappa shape index (κ2) is 6.96. The molecule has 0 amide bonds. The minimum atomic E-state index is -3.54. The molecule has 0 spiro atoms. The Labute approximate surface area is 122 Å². The Kier molecular flexibility index (Phi) is 5.02. The van der Waals surface area contributed by atoms with Crippen molar-refractivity contribution in [3.8, 4) is 0 Å². The minimum absolute atomic E-state index is 0.0956. The van der Waals surface area contributed by atoms with Crippen molar-refractivity contribution in [2.75, 3.05) is 6.54 Å². The van der Waals surface area contributed by atoms with Crippen molar-refractivity contribution in [2.45, 2.75) is 6.54 Å². The van der Waals surface area contributed by atoms with Crippen LogP contribution in [0.2, 0.25) is 0 Å². The summed E-state index contributed by atoms with van der Waals surface area (Å²) < 4.78 is 27.1. The molecule has 0 bridgehead atoms. The highest BCUT2D eigenvalue weighted by Gasteiger charge is 2.04. The average molecular weight is 305 g/mol. The quantitative estimate of drug-likeness (QED) is 0.857. The summed E-state index contributed by atoms with van der Waals surface area (Å²) in [7, 11) is -3.54. The van der Waals surface area contributed by atoms with Gasteiger partial charge in [-0.25, -0.2) is 17.8 Å². The van der Waals surface area contributed by atoms with Crippen LogP contribution >= 0.6 is 0 Å². The Balaban J connectivity index is 1.92. The zero-order chi connectivity index (χ0) is 15.1. The molecule has 0 unspecified atom stereocenters. The third-order valence-corrected chi connectivity index (χ3v) is 3.75. The van der Waals surface area contributed by atoms with Gasteiger partial charge >= 0.3 is 0 Å². The highest BCUT2D eigenvalue weighted by molar-refractivity contribution is 7.92. The number of rotatable bonds is 6. The lowest BCUT2D eigenvalue weighted by Gasteiger charge is -2.04. The number of hydrogen-bond acceptors (Lipinski definition) is 4. The van der Waals surface area contributed by atoms with Gasteiger partial charge in [0.05, 0.1) is 6.54 Å². The van der Waals surface area contributed by atoms with Crippen LogP contribution in [0.4, 0.5) is 0 Å². The summed E-state index contributed by atoms with van der Waals surface area (Å²) in [5.41, 5.74) is 0.528. The topological polar surface area (TPSA) is 81.1 Å². The fourth-order valence-corrected chi connectivity index (χ4v) is 2.44. The molecule has 0 aliphatic rings. The van der Waals surface area contributed by atoms with E-state index in [4.69, 9.17) is 0 Å². The molecule has 0 saturated carbocycles. The number of nitrogens with zero attached hydrogens (tertiary/aromatic N) is 2. The van der Waals surface area contributed by atoms with Gasteiger partial charge in [-0.1, -0.05) is 30.3 Å². The minimum Gasteiger partial charge on any atom is -0.268 e. The van der Waals surface area contributed by atoms with Crippen molar-refractivity contribution in [3.63, 3.8) is 0 Å². The standard InChI is InChI=1S/C14H15N3O3S/c18-14-7-4-9-15-17(14)11-10-16-21(19,20)12-8-13-5-2-1-3-6-13/h1-9,12,16H,10-11H2/b12-8+. The van der Waals surface area contributed by atoms with Gasteiger partial charge in [0.1, 0.15) is 0 Å². The van der Waals surface area contributed by atoms with E-state index < -0.39 is 10.0 Å². The van der Waals surface area contributed by atoms with Crippen molar-refractivity contribution in [2.24, 2.45) is 0 Å². The van der Waals surface area contributed by atoms with E-state index in [2.05, 4.69) is 9.82 Å². The maximum atomic E-state index is 11.8. The summed E-state index contributed by atoms with van der Waals surface area (Å²) >= 11 is 0. The van der Waals surface area contributed by atoms with E-state index in [0.717, 1.165) is 11.0 Å². The Morgan fingerprint density at radius 3 is 2.62 bits per heavy atom. The van der Waals surface area contributed by atoms with Crippen molar-refractivity contribution in [3.05, 3.63) is 70.0 Å². The zero-order valence-electron chi connectivity index (χ0n) is 11.2. The zero-order valence-corrected chi connectivity index (χ0v) is 12.0. The van der Waals surface area contributed by atoms with Crippen molar-refractivity contribution in [1.29, 1.82) is 0 Å². The highest BCUT2D eigenvalue weighted by atomic mass is 32.2. The molecular weight excluding hydrogens is 290 g/mol. The van der Waals surface area contributed by atoms with Crippen LogP contribution in [0.25, 0.3) is 6.08 Å². The maximum absolute atomic E-state index is 11.8. The van der Waals surface area contributed by atoms with E-state index in [1.165, 1.54) is 29.1 Å². The van der Waals surface area contributed by atoms with Crippen LogP contribution in [0, 0.1) is 0 Å². The van der Waals surface area contributed by atoms with Gasteiger partial charge in [-0.15, -0.1) is 0 Å². The van der Waals surface area contributed by atoms with Crippen LogP contribution in [0.15, 0.2) is 58.9 Å². The molecule has 1 aromatic carbocycles. The smallest absolute Gasteiger partial charge is 0.266 e. The lowest BCUT2D eigenvalue weighted by molar-refractivity contribution is 0.552. The van der Waals surface area contributed by atoms with E-state index in [9.17, 15) is 13.2 Å². The first-order valence-corrected chi connectivity index (χ1v) is 7.86. The van der Waals surface area contributed by atoms with Crippen LogP contribution in [0.5, 0.6) is 0 Å². The third kappa shape index (κ3) is 4.97. The second-order valence-corrected chi connectivity index (χ2v) is 5.89. The molecule has 1 N–H and O–H groups in total. The van der Waals surface area contributed by atoms with Crippen molar-refractivity contribution >= 4 is 16.1 Å². The molecular formula is C14H15N3O3S. The van der Waals surface area contributed by atoms with E-state index in [1.54, 1.807) is 12.1 Å². The predicted octanol–water partition coefficient (Wildman–Crippen LogP) is 0.834. The number of sulfonamides is 1. The van der Waals surface area contributed by atoms with Crippen LogP contribution in [-0.4, -0.2) is 24.7 Å². The fraction of sp³-hybridized carbons (Fsp3) is 0.143. The molecule has 2 aromatic rings. The molecule has 0 fully saturated rings. The summed E-state index contributed by atoms with van der Waals surface area (Å²) in [6, 6.07) is 12.0. The highest BCUT2D eigenvalue weighted by Crippen LogP contribution is 2.02. The van der Waals surface area contributed by atoms with E-state index >= 15 is 0 Å². The van der Waals surface area contributed by atoms with Crippen molar-refractivity contribution < 1.29 is 8.42 Å². The second-order valence-electron chi connectivity index (χ2n) is 4.24. The van der Waals surface area contributed by atoms with Gasteiger partial charge in [-0.3, -0.25) is 4.79 Å². The van der Waals surface area contributed by atoms with Crippen LogP contribution < -0.4 is 10.3 Å². The number of aromatic nitrogens is 2. The molecule has 2 rings (SSSR count). The van der Waals surface area contributed by atoms with Crippen LogP contribution in [0.1, 0.15) is 5.56 Å². The van der Waals surface area contributed by atoms with E-state index in [-0.39, 0.29) is 18.6 Å². The lowest BCUT2D eigenvalue weighted by Crippen LogP contribution is -2.30. The molecule has 110 valence electrons. The fourth-order valence-electron chi connectivity index (χ4n) is 1.63. The molecule has 1 heterocycles. The van der Waals surface area contributed by atoms with Gasteiger partial charge in [0.15, 0.2) is 0 Å². The molecule has 0 saturated heterocycles. The van der Waals surface area contributed by atoms with Crippen molar-refractivity contribution in [1.82, 2.24) is 14.5 Å². The van der Waals surface area contributed by atoms with Gasteiger partial charge in [-0.2, -0.15) is 5.10 Å². The predicted molar refractivity (Wildman–Crippen MR) is 80.9 cm³/mol. The molecule has 0 aliphatic heterocycles. The normalized spacial score (nSPS) is 11.8. The Morgan fingerprint density at radius 1 is 1.14 bits per heavy atom. The van der Waals surface area contributed by atoms with Gasteiger partial charge in [0.2, 0.25) is 10.0 Å². The Hall–Kier alpha value is -2.25. The largest absolute Gasteiger partial charge is 0.268 e. The van der Waals surface area contributed by atoms with E-state index in [0.29, 0.717) is 0 Å². The Bertz CT molecular complexity index is 767. The summed E-state index contributed by atoms with van der Waals surface area (Å²) in [6.07, 6.45) is 2.99. The van der Waals surface area contributed by atoms with Crippen LogP contribution in [0.3, 0.4) is 0 Å². The summed E-state index contributed by atoms with van der Waals surface area (Å²) in [6.45, 7) is 0.274. The van der Waals surface area contributed by atoms with Gasteiger partial charge in [0.25, 0.3) is 5.56 Å². The molecule has 0 aliphatic carbocycles. The Morgan fingerprint density at radius 2 is 1.90 bits per heavy atom. The monoisotopic (exact) mass is 305 g/mol. The molecule has 6 nitrogen and oxygen atoms in total. The first-order chi connectivity index (χ1) is 10.1. The summed E-state index contributed by atoms with van der Waals surface area (Å²) in [4.78, 5) is 11.4. The number of hydrogen-bond donors (Lipinski definition) is 1. The number of nitrogens with one attached hydrogen (secondary N) is 1. The maximum Gasteiger partial charge on any atom is 0.266 e. The molecule has 21 heavy (non-hydrogen) atoms. The first kappa shape index (κ1) is 15.1. The molecule has 0 radical (unpaired) electrons. The van der Waals surface area contributed by atoms with Gasteiger partial charge in [-0.05, 0) is 17.7 Å². The summed E-state index contributed by atoms with van der Waals surface area (Å²) in [5.74, 6) is 0.